The third kappa shape index (κ3) is 1.55. The maximum absolute atomic E-state index is 13.6. The minimum absolute atomic E-state index is 0.212. The molecule has 0 aromatic heterocycles. The highest BCUT2D eigenvalue weighted by Gasteiger charge is 2.08. The molecule has 0 saturated heterocycles. The number of hydrogen-bond acceptors (Lipinski definition) is 0. The maximum Gasteiger partial charge on any atom is 0.166 e. The van der Waals surface area contributed by atoms with Crippen molar-refractivity contribution in [2.75, 3.05) is 0 Å². The van der Waals surface area contributed by atoms with Gasteiger partial charge in [0.1, 0.15) is 5.82 Å². The van der Waals surface area contributed by atoms with Gasteiger partial charge in [-0.15, -0.1) is 0 Å². The zero-order chi connectivity index (χ0) is 12.0. The first-order chi connectivity index (χ1) is 8.15. The van der Waals surface area contributed by atoms with Crippen LogP contribution in [0.3, 0.4) is 0 Å². The number of benzene rings is 3. The molecule has 0 fully saturated rings. The van der Waals surface area contributed by atoms with Gasteiger partial charge >= 0.3 is 0 Å². The van der Waals surface area contributed by atoms with E-state index in [1.807, 2.05) is 0 Å². The fourth-order valence-corrected chi connectivity index (χ4v) is 1.98. The minimum Gasteiger partial charge on any atom is -0.207 e. The summed E-state index contributed by atoms with van der Waals surface area (Å²) < 4.78 is 39.7. The summed E-state index contributed by atoms with van der Waals surface area (Å²) in [5.41, 5.74) is 0. The molecule has 17 heavy (non-hydrogen) atoms. The molecule has 3 rings (SSSR count). The van der Waals surface area contributed by atoms with Crippen molar-refractivity contribution in [3.05, 3.63) is 59.9 Å². The predicted octanol–water partition coefficient (Wildman–Crippen LogP) is 4.41. The van der Waals surface area contributed by atoms with Gasteiger partial charge in [-0.25, -0.2) is 13.2 Å². The van der Waals surface area contributed by atoms with Crippen molar-refractivity contribution in [3.8, 4) is 0 Å². The molecule has 0 aliphatic heterocycles. The number of halogens is 3. The quantitative estimate of drug-likeness (QED) is 0.503. The summed E-state index contributed by atoms with van der Waals surface area (Å²) in [6.07, 6.45) is 0. The molecule has 0 nitrogen and oxygen atoms in total. The molecule has 0 heterocycles. The van der Waals surface area contributed by atoms with Crippen molar-refractivity contribution in [2.24, 2.45) is 0 Å². The third-order valence-electron chi connectivity index (χ3n) is 2.83. The van der Waals surface area contributed by atoms with E-state index in [-0.39, 0.29) is 11.2 Å². The van der Waals surface area contributed by atoms with Gasteiger partial charge in [0, 0.05) is 5.39 Å². The number of fused-ring (bicyclic) bond motifs is 2. The average molecular weight is 232 g/mol. The Kier molecular flexibility index (Phi) is 2.08. The van der Waals surface area contributed by atoms with Crippen LogP contribution in [0.2, 0.25) is 0 Å². The molecular formula is C14H7F3. The molecular weight excluding hydrogens is 225 g/mol. The molecule has 0 spiro atoms. The Morgan fingerprint density at radius 1 is 0.647 bits per heavy atom. The molecule has 0 bridgehead atoms. The summed E-state index contributed by atoms with van der Waals surface area (Å²) in [5.74, 6) is -2.09. The van der Waals surface area contributed by atoms with E-state index in [0.29, 0.717) is 16.2 Å². The molecule has 3 aromatic rings. The highest BCUT2D eigenvalue weighted by molar-refractivity contribution is 5.98. The van der Waals surface area contributed by atoms with Crippen molar-refractivity contribution in [3.63, 3.8) is 0 Å². The maximum atomic E-state index is 13.6. The van der Waals surface area contributed by atoms with E-state index in [1.54, 1.807) is 12.1 Å². The fraction of sp³-hybridized carbons (Fsp3) is 0. The lowest BCUT2D eigenvalue weighted by Crippen LogP contribution is -1.86. The van der Waals surface area contributed by atoms with E-state index in [9.17, 15) is 13.2 Å². The third-order valence-corrected chi connectivity index (χ3v) is 2.83. The first-order valence-electron chi connectivity index (χ1n) is 5.12. The molecule has 0 N–H and O–H groups in total. The van der Waals surface area contributed by atoms with Gasteiger partial charge in [-0.1, -0.05) is 12.1 Å². The molecule has 0 amide bonds. The van der Waals surface area contributed by atoms with Gasteiger partial charge in [0.15, 0.2) is 11.6 Å². The molecule has 0 atom stereocenters. The van der Waals surface area contributed by atoms with E-state index in [0.717, 1.165) is 6.07 Å². The van der Waals surface area contributed by atoms with Crippen LogP contribution in [-0.2, 0) is 0 Å². The smallest absolute Gasteiger partial charge is 0.166 e. The minimum atomic E-state index is -0.876. The Bertz CT molecular complexity index is 732. The van der Waals surface area contributed by atoms with Gasteiger partial charge in [0.25, 0.3) is 0 Å². The Balaban J connectivity index is 2.48. The second-order valence-corrected chi connectivity index (χ2v) is 3.93. The SMILES string of the molecule is Fc1ccc2cc3c(F)c(F)ccc3cc2c1. The molecule has 0 saturated carbocycles. The summed E-state index contributed by atoms with van der Waals surface area (Å²) >= 11 is 0. The fourth-order valence-electron chi connectivity index (χ4n) is 1.98. The van der Waals surface area contributed by atoms with Gasteiger partial charge in [0.05, 0.1) is 0 Å². The lowest BCUT2D eigenvalue weighted by atomic mass is 10.0. The summed E-state index contributed by atoms with van der Waals surface area (Å²) in [5, 5.41) is 2.12. The first-order valence-corrected chi connectivity index (χ1v) is 5.12. The van der Waals surface area contributed by atoms with Crippen LogP contribution in [0, 0.1) is 17.5 Å². The van der Waals surface area contributed by atoms with E-state index in [1.165, 1.54) is 24.3 Å². The molecule has 84 valence electrons. The van der Waals surface area contributed by atoms with Crippen LogP contribution < -0.4 is 0 Å². The summed E-state index contributed by atoms with van der Waals surface area (Å²) in [6.45, 7) is 0. The second kappa shape index (κ2) is 3.48. The molecule has 0 aliphatic rings. The van der Waals surface area contributed by atoms with E-state index in [2.05, 4.69) is 0 Å². The Hall–Kier alpha value is -2.03. The van der Waals surface area contributed by atoms with Crippen LogP contribution in [0.25, 0.3) is 21.5 Å². The lowest BCUT2D eigenvalue weighted by molar-refractivity contribution is 0.517. The van der Waals surface area contributed by atoms with Crippen molar-refractivity contribution >= 4 is 21.5 Å². The zero-order valence-electron chi connectivity index (χ0n) is 8.68. The van der Waals surface area contributed by atoms with Gasteiger partial charge in [-0.2, -0.15) is 0 Å². The molecule has 0 radical (unpaired) electrons. The molecule has 3 aromatic carbocycles. The van der Waals surface area contributed by atoms with Gasteiger partial charge in [-0.05, 0) is 46.5 Å². The van der Waals surface area contributed by atoms with Crippen molar-refractivity contribution in [1.29, 1.82) is 0 Å². The summed E-state index contributed by atoms with van der Waals surface area (Å²) in [6, 6.07) is 9.95. The number of hydrogen-bond donors (Lipinski definition) is 0. The largest absolute Gasteiger partial charge is 0.207 e. The van der Waals surface area contributed by atoms with E-state index in [4.69, 9.17) is 0 Å². The van der Waals surface area contributed by atoms with Crippen LogP contribution in [0.5, 0.6) is 0 Å². The average Bonchev–Trinajstić information content (AvgIpc) is 2.32. The van der Waals surface area contributed by atoms with Crippen LogP contribution in [0.4, 0.5) is 13.2 Å². The van der Waals surface area contributed by atoms with Crippen molar-refractivity contribution in [2.45, 2.75) is 0 Å². The summed E-state index contributed by atoms with van der Waals surface area (Å²) in [4.78, 5) is 0. The Morgan fingerprint density at radius 3 is 2.24 bits per heavy atom. The van der Waals surface area contributed by atoms with E-state index >= 15 is 0 Å². The van der Waals surface area contributed by atoms with Gasteiger partial charge in [-0.3, -0.25) is 0 Å². The highest BCUT2D eigenvalue weighted by Crippen LogP contribution is 2.26. The Morgan fingerprint density at radius 2 is 1.41 bits per heavy atom. The second-order valence-electron chi connectivity index (χ2n) is 3.93. The van der Waals surface area contributed by atoms with Crippen molar-refractivity contribution < 1.29 is 13.2 Å². The monoisotopic (exact) mass is 232 g/mol. The van der Waals surface area contributed by atoms with Crippen molar-refractivity contribution in [1.82, 2.24) is 0 Å². The zero-order valence-corrected chi connectivity index (χ0v) is 8.68. The summed E-state index contributed by atoms with van der Waals surface area (Å²) in [7, 11) is 0. The van der Waals surface area contributed by atoms with Crippen LogP contribution in [0.15, 0.2) is 42.5 Å². The van der Waals surface area contributed by atoms with Crippen LogP contribution >= 0.6 is 0 Å². The van der Waals surface area contributed by atoms with Gasteiger partial charge < -0.3 is 0 Å². The van der Waals surface area contributed by atoms with E-state index < -0.39 is 11.6 Å². The number of rotatable bonds is 0. The standard InChI is InChI=1S/C14H7F3/c15-11-3-1-8-7-12-9(5-10(8)6-11)2-4-13(16)14(12)17/h1-7H. The Labute approximate surface area is 95.3 Å². The van der Waals surface area contributed by atoms with Gasteiger partial charge in [0.2, 0.25) is 0 Å². The van der Waals surface area contributed by atoms with Crippen LogP contribution in [0.1, 0.15) is 0 Å². The first kappa shape index (κ1) is 10.1. The lowest BCUT2D eigenvalue weighted by Gasteiger charge is -2.04. The molecule has 3 heteroatoms. The highest BCUT2D eigenvalue weighted by atomic mass is 19.2. The normalized spacial score (nSPS) is 11.2. The topological polar surface area (TPSA) is 0 Å². The molecule has 0 aliphatic carbocycles. The molecule has 0 unspecified atom stereocenters. The van der Waals surface area contributed by atoms with Crippen LogP contribution in [-0.4, -0.2) is 0 Å². The predicted molar refractivity (Wildman–Crippen MR) is 61.3 cm³/mol.